The molecule has 20 heavy (non-hydrogen) atoms. The van der Waals surface area contributed by atoms with E-state index in [4.69, 9.17) is 0 Å². The molecule has 1 aromatic heterocycles. The van der Waals surface area contributed by atoms with E-state index in [-0.39, 0.29) is 18.0 Å². The van der Waals surface area contributed by atoms with E-state index in [9.17, 15) is 4.79 Å². The molecule has 1 unspecified atom stereocenters. The Morgan fingerprint density at radius 2 is 1.90 bits per heavy atom. The van der Waals surface area contributed by atoms with Gasteiger partial charge in [0.15, 0.2) is 0 Å². The van der Waals surface area contributed by atoms with Crippen LogP contribution in [0.1, 0.15) is 42.0 Å². The number of hydrogen-bond donors (Lipinski definition) is 2. The number of nitrogens with zero attached hydrogens (tertiary/aromatic N) is 1. The van der Waals surface area contributed by atoms with Gasteiger partial charge in [-0.25, -0.2) is 0 Å². The Labute approximate surface area is 123 Å². The highest BCUT2D eigenvalue weighted by Crippen LogP contribution is 2.22. The molecule has 1 heterocycles. The van der Waals surface area contributed by atoms with E-state index in [2.05, 4.69) is 22.5 Å². The van der Waals surface area contributed by atoms with E-state index in [1.165, 1.54) is 4.88 Å². The van der Waals surface area contributed by atoms with Gasteiger partial charge in [-0.15, -0.1) is 11.3 Å². The zero-order chi connectivity index (χ0) is 14.5. The van der Waals surface area contributed by atoms with Crippen LogP contribution in [0.3, 0.4) is 0 Å². The fourth-order valence-electron chi connectivity index (χ4n) is 1.82. The van der Waals surface area contributed by atoms with Crippen molar-refractivity contribution in [1.29, 1.82) is 0 Å². The molecule has 1 atom stereocenters. The van der Waals surface area contributed by atoms with E-state index in [0.717, 1.165) is 5.69 Å². The zero-order valence-corrected chi connectivity index (χ0v) is 12.7. The van der Waals surface area contributed by atoms with E-state index in [0.29, 0.717) is 5.56 Å². The average Bonchev–Trinajstić information content (AvgIpc) is 2.92. The van der Waals surface area contributed by atoms with Crippen molar-refractivity contribution in [3.05, 3.63) is 46.4 Å². The summed E-state index contributed by atoms with van der Waals surface area (Å²) in [4.78, 5) is 17.1. The van der Waals surface area contributed by atoms with Crippen LogP contribution in [0.2, 0.25) is 0 Å². The first-order valence-electron chi connectivity index (χ1n) is 6.62. The lowest BCUT2D eigenvalue weighted by Crippen LogP contribution is -2.29. The van der Waals surface area contributed by atoms with Crippen LogP contribution < -0.4 is 10.6 Å². The summed E-state index contributed by atoms with van der Waals surface area (Å²) < 4.78 is 0. The number of thiazole rings is 1. The molecule has 4 nitrogen and oxygen atoms in total. The number of carbonyl (C=O) groups excluding carboxylic acids is 1. The summed E-state index contributed by atoms with van der Waals surface area (Å²) in [5.74, 6) is -0.0398. The monoisotopic (exact) mass is 289 g/mol. The Hall–Kier alpha value is -1.88. The maximum atomic E-state index is 11.8. The van der Waals surface area contributed by atoms with Gasteiger partial charge >= 0.3 is 0 Å². The molecule has 5 heteroatoms. The van der Waals surface area contributed by atoms with Crippen molar-refractivity contribution in [2.75, 3.05) is 5.32 Å². The molecular formula is C15H19N3OS. The van der Waals surface area contributed by atoms with Crippen molar-refractivity contribution in [1.82, 2.24) is 10.3 Å². The van der Waals surface area contributed by atoms with Crippen LogP contribution in [0.15, 0.2) is 36.0 Å². The largest absolute Gasteiger partial charge is 0.378 e. The van der Waals surface area contributed by atoms with Crippen molar-refractivity contribution >= 4 is 22.9 Å². The smallest absolute Gasteiger partial charge is 0.251 e. The molecule has 0 aliphatic heterocycles. The highest BCUT2D eigenvalue weighted by Gasteiger charge is 2.09. The average molecular weight is 289 g/mol. The molecule has 0 spiro atoms. The summed E-state index contributed by atoms with van der Waals surface area (Å²) in [6, 6.07) is 7.86. The molecule has 0 aliphatic rings. The van der Waals surface area contributed by atoms with Crippen molar-refractivity contribution in [3.63, 3.8) is 0 Å². The van der Waals surface area contributed by atoms with Gasteiger partial charge in [0.05, 0.1) is 11.6 Å². The third-order valence-corrected chi connectivity index (χ3v) is 3.79. The van der Waals surface area contributed by atoms with Crippen LogP contribution in [0.5, 0.6) is 0 Å². The van der Waals surface area contributed by atoms with Crippen molar-refractivity contribution in [2.24, 2.45) is 0 Å². The zero-order valence-electron chi connectivity index (χ0n) is 11.9. The molecule has 106 valence electrons. The normalized spacial score (nSPS) is 12.2. The maximum absolute atomic E-state index is 11.8. The second-order valence-corrected chi connectivity index (χ2v) is 5.89. The van der Waals surface area contributed by atoms with E-state index in [1.807, 2.05) is 49.8 Å². The van der Waals surface area contributed by atoms with Gasteiger partial charge in [-0.05, 0) is 45.0 Å². The van der Waals surface area contributed by atoms with Gasteiger partial charge in [-0.1, -0.05) is 0 Å². The number of hydrogen-bond acceptors (Lipinski definition) is 4. The molecule has 2 aromatic rings. The van der Waals surface area contributed by atoms with E-state index >= 15 is 0 Å². The molecule has 0 radical (unpaired) electrons. The van der Waals surface area contributed by atoms with Gasteiger partial charge in [0, 0.05) is 28.4 Å². The second-order valence-electron chi connectivity index (χ2n) is 4.98. The van der Waals surface area contributed by atoms with Crippen molar-refractivity contribution in [3.8, 4) is 0 Å². The molecule has 0 saturated heterocycles. The van der Waals surface area contributed by atoms with Crippen LogP contribution in [0.25, 0.3) is 0 Å². The topological polar surface area (TPSA) is 54.0 Å². The fourth-order valence-corrected chi connectivity index (χ4v) is 2.45. The van der Waals surface area contributed by atoms with Crippen molar-refractivity contribution in [2.45, 2.75) is 32.9 Å². The number of benzene rings is 1. The Balaban J connectivity index is 1.99. The summed E-state index contributed by atoms with van der Waals surface area (Å²) in [7, 11) is 0. The summed E-state index contributed by atoms with van der Waals surface area (Å²) in [5, 5.41) is 6.27. The lowest BCUT2D eigenvalue weighted by molar-refractivity contribution is 0.0943. The highest BCUT2D eigenvalue weighted by molar-refractivity contribution is 7.09. The number of anilines is 1. The Bertz CT molecular complexity index is 549. The third-order valence-electron chi connectivity index (χ3n) is 2.83. The minimum absolute atomic E-state index is 0.0398. The van der Waals surface area contributed by atoms with E-state index < -0.39 is 0 Å². The Kier molecular flexibility index (Phi) is 4.74. The van der Waals surface area contributed by atoms with Gasteiger partial charge in [0.1, 0.15) is 0 Å². The van der Waals surface area contributed by atoms with Gasteiger partial charge < -0.3 is 10.6 Å². The number of carbonyl (C=O) groups is 1. The maximum Gasteiger partial charge on any atom is 0.251 e. The number of amides is 1. The SMILES string of the molecule is CC(C)NC(=O)c1ccc(NC(C)c2cncs2)cc1. The first-order chi connectivity index (χ1) is 9.56. The summed E-state index contributed by atoms with van der Waals surface area (Å²) >= 11 is 1.63. The molecule has 0 saturated carbocycles. The van der Waals surface area contributed by atoms with Gasteiger partial charge in [-0.3, -0.25) is 9.78 Å². The molecular weight excluding hydrogens is 270 g/mol. The fraction of sp³-hybridized carbons (Fsp3) is 0.333. The van der Waals surface area contributed by atoms with Gasteiger partial charge in [-0.2, -0.15) is 0 Å². The number of nitrogens with one attached hydrogen (secondary N) is 2. The van der Waals surface area contributed by atoms with Crippen LogP contribution >= 0.6 is 11.3 Å². The van der Waals surface area contributed by atoms with Crippen LogP contribution in [0.4, 0.5) is 5.69 Å². The molecule has 1 aromatic carbocycles. The van der Waals surface area contributed by atoms with Gasteiger partial charge in [0.2, 0.25) is 0 Å². The lowest BCUT2D eigenvalue weighted by atomic mass is 10.1. The molecule has 0 bridgehead atoms. The number of rotatable bonds is 5. The van der Waals surface area contributed by atoms with Gasteiger partial charge in [0.25, 0.3) is 5.91 Å². The predicted molar refractivity (Wildman–Crippen MR) is 83.2 cm³/mol. The quantitative estimate of drug-likeness (QED) is 0.886. The predicted octanol–water partition coefficient (Wildman–Crippen LogP) is 3.45. The number of aromatic nitrogens is 1. The molecule has 0 aliphatic carbocycles. The molecule has 2 N–H and O–H groups in total. The Morgan fingerprint density at radius 1 is 1.20 bits per heavy atom. The van der Waals surface area contributed by atoms with Crippen LogP contribution in [0, 0.1) is 0 Å². The third kappa shape index (κ3) is 3.81. The summed E-state index contributed by atoms with van der Waals surface area (Å²) in [6.45, 7) is 5.99. The van der Waals surface area contributed by atoms with E-state index in [1.54, 1.807) is 11.3 Å². The van der Waals surface area contributed by atoms with Crippen LogP contribution in [-0.4, -0.2) is 16.9 Å². The Morgan fingerprint density at radius 3 is 2.45 bits per heavy atom. The first-order valence-corrected chi connectivity index (χ1v) is 7.50. The summed E-state index contributed by atoms with van der Waals surface area (Å²) in [5.41, 5.74) is 3.49. The molecule has 2 rings (SSSR count). The first kappa shape index (κ1) is 14.5. The second kappa shape index (κ2) is 6.52. The molecule has 1 amide bonds. The standard InChI is InChI=1S/C15H19N3OS/c1-10(2)17-15(19)12-4-6-13(7-5-12)18-11(3)14-8-16-9-20-14/h4-11,18H,1-3H3,(H,17,19). The molecule has 0 fully saturated rings. The van der Waals surface area contributed by atoms with Crippen LogP contribution in [-0.2, 0) is 0 Å². The minimum Gasteiger partial charge on any atom is -0.378 e. The summed E-state index contributed by atoms with van der Waals surface area (Å²) in [6.07, 6.45) is 1.87. The lowest BCUT2D eigenvalue weighted by Gasteiger charge is -2.14. The van der Waals surface area contributed by atoms with Crippen molar-refractivity contribution < 1.29 is 4.79 Å². The minimum atomic E-state index is -0.0398. The highest BCUT2D eigenvalue weighted by atomic mass is 32.1.